The fourth-order valence-electron chi connectivity index (χ4n) is 2.53. The fourth-order valence-corrected chi connectivity index (χ4v) is 3.74. The summed E-state index contributed by atoms with van der Waals surface area (Å²) in [6.07, 6.45) is 5.61. The molecule has 0 fully saturated rings. The van der Waals surface area contributed by atoms with E-state index in [1.807, 2.05) is 4.57 Å². The van der Waals surface area contributed by atoms with Gasteiger partial charge in [-0.05, 0) is 48.9 Å². The summed E-state index contributed by atoms with van der Waals surface area (Å²) in [5.74, 6) is -1.39. The van der Waals surface area contributed by atoms with Gasteiger partial charge >= 0.3 is 0 Å². The van der Waals surface area contributed by atoms with Crippen molar-refractivity contribution in [1.29, 1.82) is 0 Å². The highest BCUT2D eigenvalue weighted by molar-refractivity contribution is 7.89. The number of nitrogens with zero attached hydrogens (tertiary/aromatic N) is 2. The fraction of sp³-hybridized carbons (Fsp3) is 0.158. The third kappa shape index (κ3) is 5.63. The van der Waals surface area contributed by atoms with Gasteiger partial charge in [0.25, 0.3) is 5.91 Å². The smallest absolute Gasteiger partial charge is 0.255 e. The molecule has 2 N–H and O–H groups in total. The summed E-state index contributed by atoms with van der Waals surface area (Å²) in [6.45, 7) is 0.795. The van der Waals surface area contributed by atoms with E-state index in [1.165, 1.54) is 24.3 Å². The number of halogens is 2. The van der Waals surface area contributed by atoms with Crippen molar-refractivity contribution in [3.63, 3.8) is 0 Å². The molecule has 7 nitrogen and oxygen atoms in total. The molecule has 0 saturated carbocycles. The number of anilines is 1. The number of benzene rings is 2. The van der Waals surface area contributed by atoms with Crippen molar-refractivity contribution < 1.29 is 17.6 Å². The Kier molecular flexibility index (Phi) is 6.63. The number of amides is 1. The average Bonchev–Trinajstić information content (AvgIpc) is 3.21. The van der Waals surface area contributed by atoms with Crippen molar-refractivity contribution in [1.82, 2.24) is 14.3 Å². The van der Waals surface area contributed by atoms with Crippen molar-refractivity contribution in [3.05, 3.63) is 77.6 Å². The van der Waals surface area contributed by atoms with Gasteiger partial charge in [-0.3, -0.25) is 4.79 Å². The van der Waals surface area contributed by atoms with Crippen LogP contribution >= 0.6 is 11.6 Å². The Balaban J connectivity index is 1.61. The van der Waals surface area contributed by atoms with E-state index >= 15 is 0 Å². The molecule has 0 unspecified atom stereocenters. The van der Waals surface area contributed by atoms with Crippen LogP contribution in [0.2, 0.25) is 5.02 Å². The van der Waals surface area contributed by atoms with Crippen LogP contribution in [0, 0.1) is 5.82 Å². The van der Waals surface area contributed by atoms with E-state index in [2.05, 4.69) is 15.0 Å². The minimum absolute atomic E-state index is 0.121. The SMILES string of the molecule is O=C(Nc1ccc(S(=O)(=O)NCCCn2ccnc2)cc1F)c1ccc(Cl)cc1. The van der Waals surface area contributed by atoms with Crippen LogP contribution in [0.4, 0.5) is 10.1 Å². The molecule has 0 saturated heterocycles. The first-order chi connectivity index (χ1) is 13.8. The third-order valence-corrected chi connectivity index (χ3v) is 5.76. The highest BCUT2D eigenvalue weighted by Gasteiger charge is 2.17. The zero-order chi connectivity index (χ0) is 20.9. The maximum atomic E-state index is 14.4. The van der Waals surface area contributed by atoms with Gasteiger partial charge < -0.3 is 9.88 Å². The van der Waals surface area contributed by atoms with Gasteiger partial charge in [-0.25, -0.2) is 22.5 Å². The molecule has 1 aromatic heterocycles. The summed E-state index contributed by atoms with van der Waals surface area (Å²) in [7, 11) is -3.87. The van der Waals surface area contributed by atoms with E-state index in [9.17, 15) is 17.6 Å². The molecule has 152 valence electrons. The molecule has 0 aliphatic rings. The molecule has 29 heavy (non-hydrogen) atoms. The molecule has 1 heterocycles. The number of carbonyl (C=O) groups excluding carboxylic acids is 1. The van der Waals surface area contributed by atoms with Crippen molar-refractivity contribution in [2.24, 2.45) is 0 Å². The second kappa shape index (κ2) is 9.17. The van der Waals surface area contributed by atoms with Crippen molar-refractivity contribution in [2.75, 3.05) is 11.9 Å². The molecule has 0 atom stereocenters. The van der Waals surface area contributed by atoms with Crippen LogP contribution in [0.3, 0.4) is 0 Å². The number of aryl methyl sites for hydroxylation is 1. The molecule has 1 amide bonds. The molecule has 0 aliphatic carbocycles. The van der Waals surface area contributed by atoms with Crippen molar-refractivity contribution >= 4 is 33.2 Å². The summed E-state index contributed by atoms with van der Waals surface area (Å²) in [4.78, 5) is 15.9. The van der Waals surface area contributed by atoms with Gasteiger partial charge in [0.1, 0.15) is 5.82 Å². The number of rotatable bonds is 8. The Hall–Kier alpha value is -2.75. The lowest BCUT2D eigenvalue weighted by Gasteiger charge is -2.10. The molecule has 10 heteroatoms. The molecular formula is C19H18ClFN4O3S. The Morgan fingerprint density at radius 1 is 1.17 bits per heavy atom. The van der Waals surface area contributed by atoms with Gasteiger partial charge in [-0.2, -0.15) is 0 Å². The van der Waals surface area contributed by atoms with Crippen LogP contribution in [-0.2, 0) is 16.6 Å². The molecule has 0 spiro atoms. The highest BCUT2D eigenvalue weighted by atomic mass is 35.5. The number of hydrogen-bond acceptors (Lipinski definition) is 4. The van der Waals surface area contributed by atoms with E-state index in [1.54, 1.807) is 30.9 Å². The minimum Gasteiger partial charge on any atom is -0.337 e. The summed E-state index contributed by atoms with van der Waals surface area (Å²) in [5.41, 5.74) is 0.175. The quantitative estimate of drug-likeness (QED) is 0.530. The summed E-state index contributed by atoms with van der Waals surface area (Å²) in [5, 5.41) is 2.88. The number of carbonyl (C=O) groups is 1. The molecule has 3 rings (SSSR count). The summed E-state index contributed by atoms with van der Waals surface area (Å²) < 4.78 is 43.3. The summed E-state index contributed by atoms with van der Waals surface area (Å²) >= 11 is 5.77. The topological polar surface area (TPSA) is 93.1 Å². The van der Waals surface area contributed by atoms with Crippen LogP contribution in [0.5, 0.6) is 0 Å². The van der Waals surface area contributed by atoms with E-state index in [0.29, 0.717) is 23.6 Å². The van der Waals surface area contributed by atoms with Gasteiger partial charge in [0, 0.05) is 36.1 Å². The van der Waals surface area contributed by atoms with E-state index < -0.39 is 21.7 Å². The Labute approximate surface area is 172 Å². The van der Waals surface area contributed by atoms with E-state index in [0.717, 1.165) is 6.07 Å². The summed E-state index contributed by atoms with van der Waals surface area (Å²) in [6, 6.07) is 9.41. The van der Waals surface area contributed by atoms with Gasteiger partial charge in [0.15, 0.2) is 0 Å². The van der Waals surface area contributed by atoms with Crippen LogP contribution < -0.4 is 10.0 Å². The zero-order valence-electron chi connectivity index (χ0n) is 15.2. The highest BCUT2D eigenvalue weighted by Crippen LogP contribution is 2.20. The van der Waals surface area contributed by atoms with E-state index in [-0.39, 0.29) is 17.1 Å². The van der Waals surface area contributed by atoms with Gasteiger partial charge in [0.2, 0.25) is 10.0 Å². The van der Waals surface area contributed by atoms with Gasteiger partial charge in [0.05, 0.1) is 16.9 Å². The molecule has 0 bridgehead atoms. The molecule has 3 aromatic rings. The predicted molar refractivity (Wildman–Crippen MR) is 108 cm³/mol. The van der Waals surface area contributed by atoms with Crippen molar-refractivity contribution in [2.45, 2.75) is 17.9 Å². The van der Waals surface area contributed by atoms with Crippen LogP contribution in [0.1, 0.15) is 16.8 Å². The Morgan fingerprint density at radius 2 is 1.93 bits per heavy atom. The first-order valence-electron chi connectivity index (χ1n) is 8.67. The van der Waals surface area contributed by atoms with Gasteiger partial charge in [-0.15, -0.1) is 0 Å². The predicted octanol–water partition coefficient (Wildman–Crippen LogP) is 3.30. The first-order valence-corrected chi connectivity index (χ1v) is 10.5. The number of sulfonamides is 1. The van der Waals surface area contributed by atoms with Crippen LogP contribution in [0.25, 0.3) is 0 Å². The van der Waals surface area contributed by atoms with E-state index in [4.69, 9.17) is 11.6 Å². The Morgan fingerprint density at radius 3 is 2.59 bits per heavy atom. The number of nitrogens with one attached hydrogen (secondary N) is 2. The molecular weight excluding hydrogens is 419 g/mol. The zero-order valence-corrected chi connectivity index (χ0v) is 16.8. The average molecular weight is 437 g/mol. The first kappa shape index (κ1) is 21.0. The minimum atomic E-state index is -3.87. The standard InChI is InChI=1S/C19H18ClFN4O3S/c20-15-4-2-14(3-5-15)19(26)24-18-7-6-16(12-17(18)21)29(27,28)23-8-1-10-25-11-9-22-13-25/h2-7,9,11-13,23H,1,8,10H2,(H,24,26). The monoisotopic (exact) mass is 436 g/mol. The van der Waals surface area contributed by atoms with Crippen LogP contribution in [-0.4, -0.2) is 30.4 Å². The van der Waals surface area contributed by atoms with Crippen LogP contribution in [0.15, 0.2) is 66.1 Å². The second-order valence-electron chi connectivity index (χ2n) is 6.15. The maximum Gasteiger partial charge on any atom is 0.255 e. The normalized spacial score (nSPS) is 11.4. The lowest BCUT2D eigenvalue weighted by atomic mass is 10.2. The third-order valence-electron chi connectivity index (χ3n) is 4.05. The Bertz CT molecular complexity index is 1090. The largest absolute Gasteiger partial charge is 0.337 e. The molecule has 0 aliphatic heterocycles. The molecule has 0 radical (unpaired) electrons. The van der Waals surface area contributed by atoms with Crippen molar-refractivity contribution in [3.8, 4) is 0 Å². The lowest BCUT2D eigenvalue weighted by molar-refractivity contribution is 0.102. The number of aromatic nitrogens is 2. The molecule has 2 aromatic carbocycles. The maximum absolute atomic E-state index is 14.4. The number of imidazole rings is 1. The lowest BCUT2D eigenvalue weighted by Crippen LogP contribution is -2.25. The van der Waals surface area contributed by atoms with Gasteiger partial charge in [-0.1, -0.05) is 11.6 Å². The second-order valence-corrected chi connectivity index (χ2v) is 8.36. The number of hydrogen-bond donors (Lipinski definition) is 2.